The number of benzene rings is 2. The number of aryl methyl sites for hydroxylation is 1. The number of anilines is 1. The van der Waals surface area contributed by atoms with Crippen LogP contribution in [0.25, 0.3) is 11.0 Å². The molecule has 7 nitrogen and oxygen atoms in total. The molecule has 1 amide bonds. The Kier molecular flexibility index (Phi) is 5.84. The number of carbonyl (C=O) groups is 1. The van der Waals surface area contributed by atoms with E-state index in [9.17, 15) is 9.59 Å². The molecular formula is C24H23N3O4. The van der Waals surface area contributed by atoms with Crippen LogP contribution >= 0.6 is 0 Å². The summed E-state index contributed by atoms with van der Waals surface area (Å²) in [6, 6.07) is 13.0. The molecule has 31 heavy (non-hydrogen) atoms. The zero-order chi connectivity index (χ0) is 21.8. The lowest BCUT2D eigenvalue weighted by Gasteiger charge is -2.10. The number of fused-ring (bicyclic) bond motifs is 1. The number of amides is 1. The van der Waals surface area contributed by atoms with Crippen molar-refractivity contribution in [1.29, 1.82) is 0 Å². The van der Waals surface area contributed by atoms with Crippen molar-refractivity contribution in [2.75, 3.05) is 12.4 Å². The van der Waals surface area contributed by atoms with E-state index >= 15 is 0 Å². The first-order chi connectivity index (χ1) is 15.0. The molecule has 0 atom stereocenters. The molecule has 0 saturated carbocycles. The van der Waals surface area contributed by atoms with Gasteiger partial charge in [0.15, 0.2) is 0 Å². The minimum atomic E-state index is -0.423. The number of hydrogen-bond acceptors (Lipinski definition) is 5. The third-order valence-electron chi connectivity index (χ3n) is 5.23. The van der Waals surface area contributed by atoms with E-state index in [0.29, 0.717) is 29.9 Å². The first-order valence-electron chi connectivity index (χ1n) is 9.98. The maximum atomic E-state index is 12.5. The smallest absolute Gasteiger partial charge is 0.339 e. The Bertz CT molecular complexity index is 1280. The van der Waals surface area contributed by atoms with Crippen molar-refractivity contribution in [1.82, 2.24) is 9.55 Å². The summed E-state index contributed by atoms with van der Waals surface area (Å²) in [6.45, 7) is 2.55. The van der Waals surface area contributed by atoms with Crippen LogP contribution in [0.4, 0.5) is 5.69 Å². The number of nitrogens with zero attached hydrogens (tertiary/aromatic N) is 2. The van der Waals surface area contributed by atoms with Crippen LogP contribution in [0.1, 0.15) is 23.1 Å². The van der Waals surface area contributed by atoms with Crippen molar-refractivity contribution < 1.29 is 13.9 Å². The van der Waals surface area contributed by atoms with Crippen LogP contribution in [-0.2, 0) is 17.8 Å². The fourth-order valence-corrected chi connectivity index (χ4v) is 3.59. The van der Waals surface area contributed by atoms with Crippen molar-refractivity contribution in [2.45, 2.75) is 26.3 Å². The van der Waals surface area contributed by atoms with Gasteiger partial charge in [-0.3, -0.25) is 4.79 Å². The van der Waals surface area contributed by atoms with Crippen LogP contribution in [-0.4, -0.2) is 22.6 Å². The summed E-state index contributed by atoms with van der Waals surface area (Å²) in [5.74, 6) is 0.464. The third-order valence-corrected chi connectivity index (χ3v) is 5.23. The average molecular weight is 417 g/mol. The van der Waals surface area contributed by atoms with Crippen LogP contribution in [0.3, 0.4) is 0 Å². The van der Waals surface area contributed by atoms with Crippen molar-refractivity contribution in [3.63, 3.8) is 0 Å². The topological polar surface area (TPSA) is 86.4 Å². The Hall–Kier alpha value is -3.87. The first kappa shape index (κ1) is 20.4. The molecule has 4 aromatic rings. The molecular weight excluding hydrogens is 394 g/mol. The summed E-state index contributed by atoms with van der Waals surface area (Å²) >= 11 is 0. The average Bonchev–Trinajstić information content (AvgIpc) is 3.26. The number of aromatic nitrogens is 2. The monoisotopic (exact) mass is 417 g/mol. The van der Waals surface area contributed by atoms with Gasteiger partial charge in [0.25, 0.3) is 0 Å². The maximum absolute atomic E-state index is 12.5. The lowest BCUT2D eigenvalue weighted by Crippen LogP contribution is -2.16. The van der Waals surface area contributed by atoms with Gasteiger partial charge in [-0.1, -0.05) is 12.1 Å². The summed E-state index contributed by atoms with van der Waals surface area (Å²) in [6.07, 6.45) is 5.85. The molecule has 1 N–H and O–H groups in total. The van der Waals surface area contributed by atoms with Gasteiger partial charge in [-0.05, 0) is 48.7 Å². The van der Waals surface area contributed by atoms with Crippen molar-refractivity contribution in [3.05, 3.63) is 88.3 Å². The zero-order valence-corrected chi connectivity index (χ0v) is 17.4. The molecule has 0 bridgehead atoms. The molecule has 0 fully saturated rings. The molecule has 158 valence electrons. The summed E-state index contributed by atoms with van der Waals surface area (Å²) in [4.78, 5) is 29.0. The molecule has 0 radical (unpaired) electrons. The Morgan fingerprint density at radius 1 is 1.23 bits per heavy atom. The lowest BCUT2D eigenvalue weighted by atomic mass is 10.0. The quantitative estimate of drug-likeness (QED) is 0.461. The molecule has 2 aromatic carbocycles. The lowest BCUT2D eigenvalue weighted by molar-refractivity contribution is -0.116. The van der Waals surface area contributed by atoms with Gasteiger partial charge in [0.1, 0.15) is 11.3 Å². The molecule has 0 saturated heterocycles. The van der Waals surface area contributed by atoms with Crippen molar-refractivity contribution in [2.24, 2.45) is 0 Å². The standard InChI is InChI=1S/C24H23N3O4/c1-16-20-7-6-19(30-2)13-22(20)31-24(29)21(16)8-9-23(28)26-18-5-3-4-17(12-18)14-27-11-10-25-15-27/h3-7,10-13,15H,8-9,14H2,1-2H3,(H,26,28). The summed E-state index contributed by atoms with van der Waals surface area (Å²) in [5, 5.41) is 3.75. The van der Waals surface area contributed by atoms with Gasteiger partial charge in [0.05, 0.1) is 13.4 Å². The molecule has 0 aliphatic heterocycles. The Labute approximate surface area is 179 Å². The van der Waals surface area contributed by atoms with Crippen LogP contribution in [0, 0.1) is 6.92 Å². The molecule has 0 unspecified atom stereocenters. The highest BCUT2D eigenvalue weighted by molar-refractivity contribution is 5.91. The Balaban J connectivity index is 1.44. The normalized spacial score (nSPS) is 10.9. The van der Waals surface area contributed by atoms with Gasteiger partial charge in [0, 0.05) is 48.1 Å². The van der Waals surface area contributed by atoms with Gasteiger partial charge in [-0.2, -0.15) is 0 Å². The largest absolute Gasteiger partial charge is 0.497 e. The summed E-state index contributed by atoms with van der Waals surface area (Å²) < 4.78 is 12.6. The second kappa shape index (κ2) is 8.87. The molecule has 4 rings (SSSR count). The number of hydrogen-bond donors (Lipinski definition) is 1. The van der Waals surface area contributed by atoms with E-state index in [1.54, 1.807) is 25.7 Å². The number of carbonyl (C=O) groups excluding carboxylic acids is 1. The van der Waals surface area contributed by atoms with E-state index in [1.807, 2.05) is 54.1 Å². The number of rotatable bonds is 7. The van der Waals surface area contributed by atoms with Gasteiger partial charge in [-0.15, -0.1) is 0 Å². The summed E-state index contributed by atoms with van der Waals surface area (Å²) in [7, 11) is 1.56. The fraction of sp³-hybridized carbons (Fsp3) is 0.208. The predicted molar refractivity (Wildman–Crippen MR) is 118 cm³/mol. The van der Waals surface area contributed by atoms with Crippen molar-refractivity contribution >= 4 is 22.6 Å². The number of imidazole rings is 1. The second-order valence-corrected chi connectivity index (χ2v) is 7.34. The predicted octanol–water partition coefficient (Wildman–Crippen LogP) is 3.93. The maximum Gasteiger partial charge on any atom is 0.339 e. The number of ether oxygens (including phenoxy) is 1. The molecule has 0 aliphatic carbocycles. The zero-order valence-electron chi connectivity index (χ0n) is 17.4. The Morgan fingerprint density at radius 3 is 2.87 bits per heavy atom. The SMILES string of the molecule is COc1ccc2c(C)c(CCC(=O)Nc3cccc(Cn4ccnc4)c3)c(=O)oc2c1. The van der Waals surface area contributed by atoms with E-state index < -0.39 is 5.63 Å². The van der Waals surface area contributed by atoms with Gasteiger partial charge in [0.2, 0.25) is 5.91 Å². The number of nitrogens with one attached hydrogen (secondary N) is 1. The highest BCUT2D eigenvalue weighted by Crippen LogP contribution is 2.24. The summed E-state index contributed by atoms with van der Waals surface area (Å²) in [5.41, 5.74) is 3.16. The second-order valence-electron chi connectivity index (χ2n) is 7.34. The van der Waals surface area contributed by atoms with E-state index in [1.165, 1.54) is 0 Å². The molecule has 2 heterocycles. The van der Waals surface area contributed by atoms with E-state index in [2.05, 4.69) is 10.3 Å². The van der Waals surface area contributed by atoms with Gasteiger partial charge < -0.3 is 19.0 Å². The van der Waals surface area contributed by atoms with Crippen LogP contribution in [0.2, 0.25) is 0 Å². The van der Waals surface area contributed by atoms with Crippen LogP contribution < -0.4 is 15.7 Å². The van der Waals surface area contributed by atoms with Crippen LogP contribution in [0.15, 0.2) is 70.4 Å². The van der Waals surface area contributed by atoms with Gasteiger partial charge >= 0.3 is 5.63 Å². The van der Waals surface area contributed by atoms with E-state index in [-0.39, 0.29) is 12.3 Å². The molecule has 2 aromatic heterocycles. The molecule has 0 spiro atoms. The van der Waals surface area contributed by atoms with Crippen molar-refractivity contribution in [3.8, 4) is 5.75 Å². The Morgan fingerprint density at radius 2 is 2.10 bits per heavy atom. The highest BCUT2D eigenvalue weighted by atomic mass is 16.5. The minimum absolute atomic E-state index is 0.159. The van der Waals surface area contributed by atoms with Crippen LogP contribution in [0.5, 0.6) is 5.75 Å². The highest BCUT2D eigenvalue weighted by Gasteiger charge is 2.14. The minimum Gasteiger partial charge on any atom is -0.497 e. The first-order valence-corrected chi connectivity index (χ1v) is 9.98. The molecule has 7 heteroatoms. The van der Waals surface area contributed by atoms with E-state index in [0.717, 1.165) is 22.2 Å². The number of methoxy groups -OCH3 is 1. The fourth-order valence-electron chi connectivity index (χ4n) is 3.59. The van der Waals surface area contributed by atoms with E-state index in [4.69, 9.17) is 9.15 Å². The van der Waals surface area contributed by atoms with Gasteiger partial charge in [-0.25, -0.2) is 9.78 Å². The molecule has 0 aliphatic rings. The third kappa shape index (κ3) is 4.66.